The van der Waals surface area contributed by atoms with Crippen molar-refractivity contribution in [2.45, 2.75) is 39.0 Å². The van der Waals surface area contributed by atoms with Gasteiger partial charge in [-0.25, -0.2) is 0 Å². The molecule has 0 saturated carbocycles. The van der Waals surface area contributed by atoms with E-state index in [9.17, 15) is 19.2 Å². The highest BCUT2D eigenvalue weighted by Gasteiger charge is 2.36. The predicted octanol–water partition coefficient (Wildman–Crippen LogP) is 0.972. The highest BCUT2D eigenvalue weighted by molar-refractivity contribution is 5.95. The quantitative estimate of drug-likeness (QED) is 0.545. The summed E-state index contributed by atoms with van der Waals surface area (Å²) in [6.45, 7) is 1.96. The highest BCUT2D eigenvalue weighted by Crippen LogP contribution is 2.28. The maximum atomic E-state index is 11.3. The second kappa shape index (κ2) is 5.50. The van der Waals surface area contributed by atoms with Crippen LogP contribution in [0.1, 0.15) is 39.0 Å². The number of ether oxygens (including phenoxy) is 2. The average Bonchev–Trinajstić information content (AvgIpc) is 2.79. The van der Waals surface area contributed by atoms with Crippen LogP contribution in [0.15, 0.2) is 0 Å². The molecule has 2 saturated heterocycles. The first-order valence-corrected chi connectivity index (χ1v) is 6.44. The van der Waals surface area contributed by atoms with Crippen LogP contribution >= 0.6 is 0 Å². The Balaban J connectivity index is 1.74. The second-order valence-electron chi connectivity index (χ2n) is 5.31. The fourth-order valence-corrected chi connectivity index (χ4v) is 2.53. The molecule has 0 aromatic heterocycles. The summed E-state index contributed by atoms with van der Waals surface area (Å²) in [4.78, 5) is 44.5. The lowest BCUT2D eigenvalue weighted by atomic mass is 9.88. The van der Waals surface area contributed by atoms with Gasteiger partial charge < -0.3 is 9.47 Å². The van der Waals surface area contributed by atoms with Crippen LogP contribution in [0, 0.1) is 17.8 Å². The molecule has 2 heterocycles. The number of carbonyl (C=O) groups is 4. The molecule has 2 aliphatic rings. The van der Waals surface area contributed by atoms with Crippen molar-refractivity contribution >= 4 is 23.9 Å². The monoisotopic (exact) mass is 268 g/mol. The van der Waals surface area contributed by atoms with Crippen LogP contribution in [-0.4, -0.2) is 23.9 Å². The van der Waals surface area contributed by atoms with Gasteiger partial charge in [0.15, 0.2) is 0 Å². The van der Waals surface area contributed by atoms with Crippen LogP contribution < -0.4 is 0 Å². The van der Waals surface area contributed by atoms with Gasteiger partial charge in [-0.2, -0.15) is 0 Å². The van der Waals surface area contributed by atoms with Crippen molar-refractivity contribution < 1.29 is 28.7 Å². The minimum Gasteiger partial charge on any atom is -0.393 e. The summed E-state index contributed by atoms with van der Waals surface area (Å²) < 4.78 is 8.96. The van der Waals surface area contributed by atoms with Gasteiger partial charge >= 0.3 is 23.9 Å². The third kappa shape index (κ3) is 3.39. The van der Waals surface area contributed by atoms with Crippen molar-refractivity contribution in [1.82, 2.24) is 0 Å². The molecule has 0 aliphatic carbocycles. The Labute approximate surface area is 110 Å². The van der Waals surface area contributed by atoms with Gasteiger partial charge in [-0.1, -0.05) is 6.92 Å². The Morgan fingerprint density at radius 2 is 1.53 bits per heavy atom. The first-order chi connectivity index (χ1) is 8.95. The standard InChI is InChI=1S/C13H16O6/c1-7(4-9-6-11(15)19-13(9)17)2-3-8-5-10(14)18-12(8)16/h7-9H,2-6H2,1H3. The normalized spacial score (nSPS) is 28.5. The zero-order valence-electron chi connectivity index (χ0n) is 10.7. The van der Waals surface area contributed by atoms with Crippen molar-refractivity contribution in [2.24, 2.45) is 17.8 Å². The maximum Gasteiger partial charge on any atom is 0.317 e. The van der Waals surface area contributed by atoms with Crippen molar-refractivity contribution in [2.75, 3.05) is 0 Å². The van der Waals surface area contributed by atoms with Crippen LogP contribution in [0.3, 0.4) is 0 Å². The molecular weight excluding hydrogens is 252 g/mol. The summed E-state index contributed by atoms with van der Waals surface area (Å²) in [6, 6.07) is 0. The van der Waals surface area contributed by atoms with Gasteiger partial charge in [0, 0.05) is 0 Å². The van der Waals surface area contributed by atoms with Crippen LogP contribution in [0.25, 0.3) is 0 Å². The minimum atomic E-state index is -0.466. The van der Waals surface area contributed by atoms with Crippen LogP contribution in [0.5, 0.6) is 0 Å². The summed E-state index contributed by atoms with van der Waals surface area (Å²) in [5.74, 6) is -2.36. The van der Waals surface area contributed by atoms with E-state index in [1.807, 2.05) is 6.92 Å². The molecule has 0 radical (unpaired) electrons. The van der Waals surface area contributed by atoms with Crippen LogP contribution in [0.2, 0.25) is 0 Å². The average molecular weight is 268 g/mol. The van der Waals surface area contributed by atoms with E-state index < -0.39 is 23.9 Å². The summed E-state index contributed by atoms with van der Waals surface area (Å²) in [7, 11) is 0. The molecule has 2 rings (SSSR count). The lowest BCUT2D eigenvalue weighted by Gasteiger charge is -2.14. The summed E-state index contributed by atoms with van der Waals surface area (Å²) in [5.41, 5.74) is 0. The Bertz CT molecular complexity index is 427. The van der Waals surface area contributed by atoms with Crippen molar-refractivity contribution in [1.29, 1.82) is 0 Å². The molecule has 3 unspecified atom stereocenters. The third-order valence-electron chi connectivity index (χ3n) is 3.62. The second-order valence-corrected chi connectivity index (χ2v) is 5.31. The highest BCUT2D eigenvalue weighted by atomic mass is 16.6. The molecule has 0 bridgehead atoms. The topological polar surface area (TPSA) is 86.7 Å². The zero-order valence-corrected chi connectivity index (χ0v) is 10.7. The van der Waals surface area contributed by atoms with Gasteiger partial charge in [-0.15, -0.1) is 0 Å². The van der Waals surface area contributed by atoms with Crippen LogP contribution in [-0.2, 0) is 28.7 Å². The Morgan fingerprint density at radius 3 is 2.00 bits per heavy atom. The molecule has 6 nitrogen and oxygen atoms in total. The number of rotatable bonds is 5. The smallest absolute Gasteiger partial charge is 0.317 e. The molecule has 3 atom stereocenters. The zero-order chi connectivity index (χ0) is 14.0. The van der Waals surface area contributed by atoms with Gasteiger partial charge in [0.05, 0.1) is 24.7 Å². The van der Waals surface area contributed by atoms with E-state index in [2.05, 4.69) is 9.47 Å². The molecular formula is C13H16O6. The molecule has 2 fully saturated rings. The van der Waals surface area contributed by atoms with Gasteiger partial charge in [-0.05, 0) is 25.2 Å². The first-order valence-electron chi connectivity index (χ1n) is 6.44. The fraction of sp³-hybridized carbons (Fsp3) is 0.692. The molecule has 0 amide bonds. The van der Waals surface area contributed by atoms with Gasteiger partial charge in [0.1, 0.15) is 0 Å². The lowest BCUT2D eigenvalue weighted by molar-refractivity contribution is -0.155. The number of carbonyl (C=O) groups excluding carboxylic acids is 4. The van der Waals surface area contributed by atoms with E-state index in [1.165, 1.54) is 0 Å². The first kappa shape index (κ1) is 13.7. The number of hydrogen-bond acceptors (Lipinski definition) is 6. The largest absolute Gasteiger partial charge is 0.393 e. The summed E-state index contributed by atoms with van der Waals surface area (Å²) >= 11 is 0. The minimum absolute atomic E-state index is 0.146. The molecule has 0 N–H and O–H groups in total. The van der Waals surface area contributed by atoms with E-state index in [1.54, 1.807) is 0 Å². The van der Waals surface area contributed by atoms with E-state index in [0.29, 0.717) is 19.3 Å². The summed E-state index contributed by atoms with van der Waals surface area (Å²) in [5, 5.41) is 0. The van der Waals surface area contributed by atoms with Gasteiger partial charge in [-0.3, -0.25) is 19.2 Å². The Hall–Kier alpha value is -1.72. The van der Waals surface area contributed by atoms with E-state index in [-0.39, 0.29) is 30.6 Å². The Morgan fingerprint density at radius 1 is 1.00 bits per heavy atom. The fourth-order valence-electron chi connectivity index (χ4n) is 2.53. The van der Waals surface area contributed by atoms with Crippen molar-refractivity contribution in [3.05, 3.63) is 0 Å². The molecule has 6 heteroatoms. The van der Waals surface area contributed by atoms with Gasteiger partial charge in [0.25, 0.3) is 0 Å². The molecule has 2 aliphatic heterocycles. The van der Waals surface area contributed by atoms with E-state index >= 15 is 0 Å². The number of cyclic esters (lactones) is 4. The predicted molar refractivity (Wildman–Crippen MR) is 61.4 cm³/mol. The van der Waals surface area contributed by atoms with E-state index in [4.69, 9.17) is 0 Å². The van der Waals surface area contributed by atoms with E-state index in [0.717, 1.165) is 0 Å². The molecule has 19 heavy (non-hydrogen) atoms. The molecule has 104 valence electrons. The number of esters is 4. The number of hydrogen-bond donors (Lipinski definition) is 0. The lowest BCUT2D eigenvalue weighted by Crippen LogP contribution is -2.14. The van der Waals surface area contributed by atoms with Crippen molar-refractivity contribution in [3.63, 3.8) is 0 Å². The molecule has 0 aromatic rings. The molecule has 0 aromatic carbocycles. The van der Waals surface area contributed by atoms with Crippen molar-refractivity contribution in [3.8, 4) is 0 Å². The summed E-state index contributed by atoms with van der Waals surface area (Å²) in [6.07, 6.45) is 2.15. The maximum absolute atomic E-state index is 11.3. The Kier molecular flexibility index (Phi) is 3.97. The van der Waals surface area contributed by atoms with Crippen LogP contribution in [0.4, 0.5) is 0 Å². The third-order valence-corrected chi connectivity index (χ3v) is 3.62. The van der Waals surface area contributed by atoms with Gasteiger partial charge in [0.2, 0.25) is 0 Å². The SMILES string of the molecule is CC(CCC1CC(=O)OC1=O)CC1CC(=O)OC1=O. The molecule has 0 spiro atoms.